The number of rotatable bonds is 5. The van der Waals surface area contributed by atoms with Gasteiger partial charge in [-0.15, -0.1) is 0 Å². The minimum atomic E-state index is -3.89. The van der Waals surface area contributed by atoms with Gasteiger partial charge in [0.05, 0.1) is 0 Å². The van der Waals surface area contributed by atoms with Crippen LogP contribution < -0.4 is 0 Å². The molecule has 5 nitrogen and oxygen atoms in total. The van der Waals surface area contributed by atoms with Gasteiger partial charge in [0.15, 0.2) is 5.25 Å². The Morgan fingerprint density at radius 3 is 2.16 bits per heavy atom. The second-order valence-corrected chi connectivity index (χ2v) is 7.02. The lowest BCUT2D eigenvalue weighted by molar-refractivity contribution is -0.136. The van der Waals surface area contributed by atoms with Gasteiger partial charge in [0.1, 0.15) is 0 Å². The van der Waals surface area contributed by atoms with Crippen LogP contribution >= 0.6 is 11.6 Å². The van der Waals surface area contributed by atoms with Crippen LogP contribution in [0.5, 0.6) is 0 Å². The van der Waals surface area contributed by atoms with E-state index < -0.39 is 27.3 Å². The topological polar surface area (TPSA) is 74.7 Å². The number of hydrogen-bond donors (Lipinski definition) is 1. The number of carboxylic acid groups (broad SMARTS) is 1. The molecule has 0 saturated heterocycles. The van der Waals surface area contributed by atoms with Crippen molar-refractivity contribution in [2.45, 2.75) is 25.1 Å². The lowest BCUT2D eigenvalue weighted by Gasteiger charge is -2.26. The maximum atomic E-state index is 12.1. The summed E-state index contributed by atoms with van der Waals surface area (Å²) in [6, 6.07) is 6.28. The predicted octanol–water partition coefficient (Wildman–Crippen LogP) is 2.14. The number of carbonyl (C=O) groups is 1. The SMILES string of the molecule is CC(c1ccc(Cl)cc1)N(C)S(=O)(=O)C(C)C(=O)O. The Bertz CT molecular complexity index is 556. The highest BCUT2D eigenvalue weighted by molar-refractivity contribution is 7.90. The summed E-state index contributed by atoms with van der Waals surface area (Å²) >= 11 is 5.77. The normalized spacial score (nSPS) is 15.2. The second kappa shape index (κ2) is 5.90. The minimum absolute atomic E-state index is 0.468. The van der Waals surface area contributed by atoms with Crippen molar-refractivity contribution >= 4 is 27.6 Å². The zero-order chi connectivity index (χ0) is 14.8. The van der Waals surface area contributed by atoms with Gasteiger partial charge in [0, 0.05) is 18.1 Å². The van der Waals surface area contributed by atoms with E-state index in [-0.39, 0.29) is 0 Å². The van der Waals surface area contributed by atoms with Crippen molar-refractivity contribution in [3.8, 4) is 0 Å². The first kappa shape index (κ1) is 15.9. The number of aliphatic carboxylic acids is 1. The van der Waals surface area contributed by atoms with E-state index in [1.54, 1.807) is 31.2 Å². The number of sulfonamides is 1. The van der Waals surface area contributed by atoms with Crippen LogP contribution in [0.25, 0.3) is 0 Å². The summed E-state index contributed by atoms with van der Waals surface area (Å²) in [6.07, 6.45) is 0. The minimum Gasteiger partial charge on any atom is -0.480 e. The van der Waals surface area contributed by atoms with Gasteiger partial charge in [-0.05, 0) is 31.5 Å². The van der Waals surface area contributed by atoms with Crippen LogP contribution in [0, 0.1) is 0 Å². The molecule has 1 aromatic carbocycles. The number of nitrogens with zero attached hydrogens (tertiary/aromatic N) is 1. The van der Waals surface area contributed by atoms with E-state index in [1.165, 1.54) is 7.05 Å². The van der Waals surface area contributed by atoms with E-state index in [1.807, 2.05) is 0 Å². The van der Waals surface area contributed by atoms with Gasteiger partial charge in [-0.2, -0.15) is 4.31 Å². The maximum Gasteiger partial charge on any atom is 0.323 e. The van der Waals surface area contributed by atoms with E-state index >= 15 is 0 Å². The summed E-state index contributed by atoms with van der Waals surface area (Å²) in [4.78, 5) is 10.8. The summed E-state index contributed by atoms with van der Waals surface area (Å²) in [5, 5.41) is 7.91. The molecule has 0 spiro atoms. The molecule has 0 aromatic heterocycles. The third kappa shape index (κ3) is 3.46. The van der Waals surface area contributed by atoms with Crippen molar-refractivity contribution in [2.75, 3.05) is 7.05 Å². The monoisotopic (exact) mass is 305 g/mol. The lowest BCUT2D eigenvalue weighted by Crippen LogP contribution is -2.40. The Morgan fingerprint density at radius 2 is 1.74 bits per heavy atom. The van der Waals surface area contributed by atoms with Crippen LogP contribution in [0.2, 0.25) is 5.02 Å². The van der Waals surface area contributed by atoms with Crippen molar-refractivity contribution in [3.05, 3.63) is 34.9 Å². The van der Waals surface area contributed by atoms with Gasteiger partial charge < -0.3 is 5.11 Å². The van der Waals surface area contributed by atoms with Crippen LogP contribution in [0.1, 0.15) is 25.5 Å². The van der Waals surface area contributed by atoms with E-state index in [0.717, 1.165) is 16.8 Å². The van der Waals surface area contributed by atoms with Crippen LogP contribution in [0.15, 0.2) is 24.3 Å². The molecular weight excluding hydrogens is 290 g/mol. The summed E-state index contributed by atoms with van der Waals surface area (Å²) < 4.78 is 25.2. The molecule has 19 heavy (non-hydrogen) atoms. The van der Waals surface area contributed by atoms with Crippen molar-refractivity contribution < 1.29 is 18.3 Å². The standard InChI is InChI=1S/C12H16ClNO4S/c1-8(10-4-6-11(13)7-5-10)14(3)19(17,18)9(2)12(15)16/h4-9H,1-3H3,(H,15,16). The first-order valence-electron chi connectivity index (χ1n) is 5.63. The summed E-state index contributed by atoms with van der Waals surface area (Å²) in [5.41, 5.74) is 0.744. The number of benzene rings is 1. The number of carboxylic acids is 1. The molecule has 0 heterocycles. The first-order chi connectivity index (χ1) is 8.67. The van der Waals surface area contributed by atoms with Crippen molar-refractivity contribution in [1.29, 1.82) is 0 Å². The summed E-state index contributed by atoms with van der Waals surface area (Å²) in [6.45, 7) is 2.85. The lowest BCUT2D eigenvalue weighted by atomic mass is 10.1. The smallest absolute Gasteiger partial charge is 0.323 e. The molecular formula is C12H16ClNO4S. The first-order valence-corrected chi connectivity index (χ1v) is 7.51. The zero-order valence-corrected chi connectivity index (χ0v) is 12.4. The van der Waals surface area contributed by atoms with Gasteiger partial charge >= 0.3 is 5.97 Å². The van der Waals surface area contributed by atoms with E-state index in [0.29, 0.717) is 5.02 Å². The number of halogens is 1. The highest BCUT2D eigenvalue weighted by atomic mass is 35.5. The fraction of sp³-hybridized carbons (Fsp3) is 0.417. The highest BCUT2D eigenvalue weighted by Gasteiger charge is 2.34. The van der Waals surface area contributed by atoms with E-state index in [9.17, 15) is 13.2 Å². The maximum absolute atomic E-state index is 12.1. The Labute approximate surface area is 117 Å². The van der Waals surface area contributed by atoms with E-state index in [2.05, 4.69) is 0 Å². The Balaban J connectivity index is 3.03. The largest absolute Gasteiger partial charge is 0.480 e. The molecule has 0 radical (unpaired) electrons. The fourth-order valence-corrected chi connectivity index (χ4v) is 2.99. The Hall–Kier alpha value is -1.11. The number of hydrogen-bond acceptors (Lipinski definition) is 3. The van der Waals surface area contributed by atoms with Gasteiger partial charge in [-0.3, -0.25) is 4.79 Å². The second-order valence-electron chi connectivity index (χ2n) is 4.27. The van der Waals surface area contributed by atoms with Crippen LogP contribution in [-0.4, -0.2) is 36.1 Å². The third-order valence-electron chi connectivity index (χ3n) is 3.09. The zero-order valence-electron chi connectivity index (χ0n) is 10.9. The molecule has 7 heteroatoms. The quantitative estimate of drug-likeness (QED) is 0.904. The molecule has 0 saturated carbocycles. The summed E-state index contributed by atoms with van der Waals surface area (Å²) in [5.74, 6) is -1.37. The average Bonchev–Trinajstić information content (AvgIpc) is 2.36. The van der Waals surface area contributed by atoms with Gasteiger partial charge in [0.2, 0.25) is 10.0 Å². The van der Waals surface area contributed by atoms with Gasteiger partial charge in [0.25, 0.3) is 0 Å². The Kier molecular flexibility index (Phi) is 4.95. The molecule has 2 atom stereocenters. The molecule has 1 aromatic rings. The van der Waals surface area contributed by atoms with Crippen molar-refractivity contribution in [3.63, 3.8) is 0 Å². The molecule has 0 aliphatic heterocycles. The molecule has 0 bridgehead atoms. The van der Waals surface area contributed by atoms with Crippen LogP contribution in [0.4, 0.5) is 0 Å². The molecule has 1 N–H and O–H groups in total. The molecule has 0 amide bonds. The molecule has 0 aliphatic rings. The van der Waals surface area contributed by atoms with E-state index in [4.69, 9.17) is 16.7 Å². The molecule has 1 rings (SSSR count). The summed E-state index contributed by atoms with van der Waals surface area (Å²) in [7, 11) is -2.53. The highest BCUT2D eigenvalue weighted by Crippen LogP contribution is 2.24. The molecule has 0 aliphatic carbocycles. The van der Waals surface area contributed by atoms with Crippen LogP contribution in [-0.2, 0) is 14.8 Å². The molecule has 106 valence electrons. The predicted molar refractivity (Wildman–Crippen MR) is 73.6 cm³/mol. The van der Waals surface area contributed by atoms with Gasteiger partial charge in [-0.25, -0.2) is 8.42 Å². The van der Waals surface area contributed by atoms with Gasteiger partial charge in [-0.1, -0.05) is 23.7 Å². The third-order valence-corrected chi connectivity index (χ3v) is 5.56. The molecule has 0 fully saturated rings. The Morgan fingerprint density at radius 1 is 1.26 bits per heavy atom. The molecule has 2 unspecified atom stereocenters. The average molecular weight is 306 g/mol. The van der Waals surface area contributed by atoms with Crippen LogP contribution in [0.3, 0.4) is 0 Å². The fourth-order valence-electron chi connectivity index (χ4n) is 1.55. The van der Waals surface area contributed by atoms with Crippen molar-refractivity contribution in [2.24, 2.45) is 0 Å². The van der Waals surface area contributed by atoms with Crippen molar-refractivity contribution in [1.82, 2.24) is 4.31 Å².